The average molecular weight is 399 g/mol. The van der Waals surface area contributed by atoms with Crippen LogP contribution in [0.15, 0.2) is 78.9 Å². The van der Waals surface area contributed by atoms with E-state index in [2.05, 4.69) is 6.07 Å². The second-order valence-corrected chi connectivity index (χ2v) is 6.43. The number of aromatic carboxylic acids is 2. The van der Waals surface area contributed by atoms with Crippen molar-refractivity contribution < 1.29 is 29.3 Å². The summed E-state index contributed by atoms with van der Waals surface area (Å²) in [5.41, 5.74) is 0.385. The van der Waals surface area contributed by atoms with Crippen LogP contribution in [-0.4, -0.2) is 22.2 Å². The molecule has 2 N–H and O–H groups in total. The molecule has 0 atom stereocenters. The van der Waals surface area contributed by atoms with E-state index < -0.39 is 11.9 Å². The van der Waals surface area contributed by atoms with Crippen molar-refractivity contribution in [3.63, 3.8) is 0 Å². The lowest BCUT2D eigenvalue weighted by Gasteiger charge is -2.09. The molecule has 0 aromatic heterocycles. The second-order valence-electron chi connectivity index (χ2n) is 6.43. The highest BCUT2D eigenvalue weighted by molar-refractivity contribution is 5.88. The molecule has 0 fully saturated rings. The molecule has 0 amide bonds. The van der Waals surface area contributed by atoms with Crippen molar-refractivity contribution >= 4 is 22.7 Å². The van der Waals surface area contributed by atoms with Gasteiger partial charge < -0.3 is 19.7 Å². The van der Waals surface area contributed by atoms with Crippen molar-refractivity contribution in [1.29, 1.82) is 0 Å². The Morgan fingerprint density at radius 2 is 1.17 bits per heavy atom. The van der Waals surface area contributed by atoms with Gasteiger partial charge in [0.2, 0.25) is 0 Å². The molecule has 6 heteroatoms. The highest BCUT2D eigenvalue weighted by Crippen LogP contribution is 2.29. The third kappa shape index (κ3) is 4.23. The van der Waals surface area contributed by atoms with Crippen LogP contribution in [0.5, 0.6) is 23.0 Å². The van der Waals surface area contributed by atoms with Crippen LogP contribution in [0.4, 0.5) is 0 Å². The molecule has 0 saturated heterocycles. The van der Waals surface area contributed by atoms with Gasteiger partial charge in [-0.3, -0.25) is 0 Å². The first-order valence-corrected chi connectivity index (χ1v) is 8.96. The smallest absolute Gasteiger partial charge is 0.335 e. The summed E-state index contributed by atoms with van der Waals surface area (Å²) in [4.78, 5) is 21.8. The number of hydrogen-bond donors (Lipinski definition) is 2. The molecule has 4 aromatic rings. The quantitative estimate of drug-likeness (QED) is 0.437. The van der Waals surface area contributed by atoms with Gasteiger partial charge in [-0.05, 0) is 83.6 Å². The number of hydrogen-bond acceptors (Lipinski definition) is 4. The minimum absolute atomic E-state index is 0.190. The third-order valence-corrected chi connectivity index (χ3v) is 4.36. The van der Waals surface area contributed by atoms with Crippen LogP contribution in [0.25, 0.3) is 10.8 Å². The standard InChI is InChI=1S/C24H15O6/c25-23(26)15-1-7-19(8-2-15)29-21-11-5-18-14-22(12-6-17(18)13-21)30-20-9-3-16(4-10-20)24(27)28/h1-13H,(H,25,26)(H,27,28). The number of benzene rings is 4. The molecule has 147 valence electrons. The maximum atomic E-state index is 10.9. The van der Waals surface area contributed by atoms with Gasteiger partial charge >= 0.3 is 11.9 Å². The first-order chi connectivity index (χ1) is 14.5. The molecule has 4 aromatic carbocycles. The third-order valence-electron chi connectivity index (χ3n) is 4.36. The van der Waals surface area contributed by atoms with Gasteiger partial charge in [-0.2, -0.15) is 0 Å². The summed E-state index contributed by atoms with van der Waals surface area (Å²) in [6, 6.07) is 24.6. The lowest BCUT2D eigenvalue weighted by molar-refractivity contribution is 0.0686. The van der Waals surface area contributed by atoms with Gasteiger partial charge in [-0.15, -0.1) is 0 Å². The normalized spacial score (nSPS) is 10.5. The molecule has 0 unspecified atom stereocenters. The number of ether oxygens (including phenoxy) is 2. The summed E-state index contributed by atoms with van der Waals surface area (Å²) in [5.74, 6) is 0.183. The van der Waals surface area contributed by atoms with E-state index in [4.69, 9.17) is 19.7 Å². The Morgan fingerprint density at radius 1 is 0.633 bits per heavy atom. The van der Waals surface area contributed by atoms with E-state index in [0.717, 1.165) is 10.8 Å². The minimum Gasteiger partial charge on any atom is -0.478 e. The van der Waals surface area contributed by atoms with Gasteiger partial charge in [0, 0.05) is 6.07 Å². The molecule has 0 saturated carbocycles. The number of rotatable bonds is 6. The van der Waals surface area contributed by atoms with Gasteiger partial charge in [0.25, 0.3) is 0 Å². The van der Waals surface area contributed by atoms with Crippen LogP contribution in [0.2, 0.25) is 0 Å². The largest absolute Gasteiger partial charge is 0.478 e. The van der Waals surface area contributed by atoms with Gasteiger partial charge in [0.05, 0.1) is 11.1 Å². The molecular formula is C24H15O6. The Morgan fingerprint density at radius 3 is 1.73 bits per heavy atom. The minimum atomic E-state index is -0.991. The molecule has 0 spiro atoms. The van der Waals surface area contributed by atoms with Gasteiger partial charge in [-0.25, -0.2) is 9.59 Å². The van der Waals surface area contributed by atoms with E-state index in [9.17, 15) is 9.59 Å². The molecule has 0 heterocycles. The van der Waals surface area contributed by atoms with E-state index in [1.165, 1.54) is 24.3 Å². The Labute approximate surface area is 171 Å². The lowest BCUT2D eigenvalue weighted by atomic mass is 10.1. The van der Waals surface area contributed by atoms with Crippen LogP contribution in [-0.2, 0) is 0 Å². The molecular weight excluding hydrogens is 384 g/mol. The first kappa shape index (κ1) is 19.0. The fourth-order valence-corrected chi connectivity index (χ4v) is 2.85. The zero-order chi connectivity index (χ0) is 21.1. The Hall–Kier alpha value is -4.32. The maximum Gasteiger partial charge on any atom is 0.335 e. The summed E-state index contributed by atoms with van der Waals surface area (Å²) >= 11 is 0. The second kappa shape index (κ2) is 7.97. The van der Waals surface area contributed by atoms with Crippen molar-refractivity contribution in [2.75, 3.05) is 0 Å². The van der Waals surface area contributed by atoms with E-state index in [-0.39, 0.29) is 11.1 Å². The van der Waals surface area contributed by atoms with Gasteiger partial charge in [0.15, 0.2) is 0 Å². The number of fused-ring (bicyclic) bond motifs is 1. The molecule has 0 aliphatic heterocycles. The zero-order valence-electron chi connectivity index (χ0n) is 15.5. The van der Waals surface area contributed by atoms with Crippen LogP contribution < -0.4 is 9.47 Å². The number of carbonyl (C=O) groups is 2. The predicted molar refractivity (Wildman–Crippen MR) is 110 cm³/mol. The topological polar surface area (TPSA) is 93.1 Å². The van der Waals surface area contributed by atoms with Crippen LogP contribution >= 0.6 is 0 Å². The molecule has 30 heavy (non-hydrogen) atoms. The summed E-state index contributed by atoms with van der Waals surface area (Å²) in [6.45, 7) is 0. The lowest BCUT2D eigenvalue weighted by Crippen LogP contribution is -1.95. The predicted octanol–water partition coefficient (Wildman–Crippen LogP) is 5.62. The average Bonchev–Trinajstić information content (AvgIpc) is 2.74. The fourth-order valence-electron chi connectivity index (χ4n) is 2.85. The zero-order valence-corrected chi connectivity index (χ0v) is 15.5. The molecule has 4 rings (SSSR count). The Balaban J connectivity index is 1.50. The van der Waals surface area contributed by atoms with Crippen LogP contribution in [0, 0.1) is 6.07 Å². The van der Waals surface area contributed by atoms with Gasteiger partial charge in [-0.1, -0.05) is 6.07 Å². The summed E-state index contributed by atoms with van der Waals surface area (Å²) < 4.78 is 11.5. The van der Waals surface area contributed by atoms with E-state index in [0.29, 0.717) is 23.0 Å². The van der Waals surface area contributed by atoms with Crippen molar-refractivity contribution in [2.45, 2.75) is 0 Å². The summed E-state index contributed by atoms with van der Waals surface area (Å²) in [7, 11) is 0. The molecule has 1 radical (unpaired) electrons. The van der Waals surface area contributed by atoms with Crippen molar-refractivity contribution in [3.8, 4) is 23.0 Å². The van der Waals surface area contributed by atoms with E-state index in [1.807, 2.05) is 18.2 Å². The van der Waals surface area contributed by atoms with Crippen molar-refractivity contribution in [3.05, 3.63) is 96.1 Å². The van der Waals surface area contributed by atoms with Gasteiger partial charge in [0.1, 0.15) is 23.0 Å². The maximum absolute atomic E-state index is 10.9. The number of carboxylic acids is 2. The summed E-state index contributed by atoms with van der Waals surface area (Å²) in [5, 5.41) is 19.6. The molecule has 0 bridgehead atoms. The molecule has 0 aliphatic carbocycles. The Bertz CT molecular complexity index is 1130. The highest BCUT2D eigenvalue weighted by Gasteiger charge is 2.06. The SMILES string of the molecule is O=C(O)c1ccc(Oc2[c]c3ccc(Oc4ccc(C(=O)O)cc4)cc3cc2)cc1. The highest BCUT2D eigenvalue weighted by atomic mass is 16.5. The van der Waals surface area contributed by atoms with Crippen LogP contribution in [0.3, 0.4) is 0 Å². The first-order valence-electron chi connectivity index (χ1n) is 8.96. The molecule has 6 nitrogen and oxygen atoms in total. The summed E-state index contributed by atoms with van der Waals surface area (Å²) in [6.07, 6.45) is 0. The molecule has 0 aliphatic rings. The fraction of sp³-hybridized carbons (Fsp3) is 0. The van der Waals surface area contributed by atoms with Crippen molar-refractivity contribution in [1.82, 2.24) is 0 Å². The van der Waals surface area contributed by atoms with E-state index >= 15 is 0 Å². The number of carboxylic acid groups (broad SMARTS) is 2. The monoisotopic (exact) mass is 399 g/mol. The Kier molecular flexibility index (Phi) is 5.05. The van der Waals surface area contributed by atoms with Crippen LogP contribution in [0.1, 0.15) is 20.7 Å². The van der Waals surface area contributed by atoms with E-state index in [1.54, 1.807) is 36.4 Å². The van der Waals surface area contributed by atoms with Crippen molar-refractivity contribution in [2.24, 2.45) is 0 Å².